The first-order valence-electron chi connectivity index (χ1n) is 7.79. The van der Waals surface area contributed by atoms with E-state index in [1.54, 1.807) is 7.11 Å². The van der Waals surface area contributed by atoms with Gasteiger partial charge in [-0.25, -0.2) is 0 Å². The molecule has 20 heavy (non-hydrogen) atoms. The van der Waals surface area contributed by atoms with E-state index in [1.807, 2.05) is 0 Å². The summed E-state index contributed by atoms with van der Waals surface area (Å²) in [6, 6.07) is 9.09. The first-order valence-corrected chi connectivity index (χ1v) is 7.79. The number of piperidine rings is 1. The largest absolute Gasteiger partial charge is 0.382 e. The number of nitrogens with one attached hydrogen (secondary N) is 1. The second-order valence-electron chi connectivity index (χ2n) is 5.84. The van der Waals surface area contributed by atoms with E-state index in [9.17, 15) is 0 Å². The maximum Gasteiger partial charge on any atom is 0.0713 e. The van der Waals surface area contributed by atoms with Crippen molar-refractivity contribution in [1.82, 2.24) is 4.90 Å². The number of hydrogen-bond acceptors (Lipinski definition) is 3. The zero-order valence-electron chi connectivity index (χ0n) is 13.1. The molecule has 0 aromatic heterocycles. The highest BCUT2D eigenvalue weighted by Gasteiger charge is 2.22. The van der Waals surface area contributed by atoms with Gasteiger partial charge in [0, 0.05) is 18.8 Å². The van der Waals surface area contributed by atoms with E-state index < -0.39 is 0 Å². The van der Waals surface area contributed by atoms with Gasteiger partial charge in [-0.1, -0.05) is 19.1 Å². The van der Waals surface area contributed by atoms with Gasteiger partial charge in [-0.15, -0.1) is 0 Å². The monoisotopic (exact) mass is 276 g/mol. The lowest BCUT2D eigenvalue weighted by Gasteiger charge is -2.35. The molecule has 1 N–H and O–H groups in total. The van der Waals surface area contributed by atoms with Crippen molar-refractivity contribution in [3.63, 3.8) is 0 Å². The Labute approximate surface area is 123 Å². The first-order chi connectivity index (χ1) is 9.72. The van der Waals surface area contributed by atoms with Crippen LogP contribution in [0.25, 0.3) is 0 Å². The van der Waals surface area contributed by atoms with Crippen molar-refractivity contribution < 1.29 is 4.74 Å². The lowest BCUT2D eigenvalue weighted by molar-refractivity contribution is 0.183. The summed E-state index contributed by atoms with van der Waals surface area (Å²) in [5.41, 5.74) is 2.44. The van der Waals surface area contributed by atoms with Crippen LogP contribution in [-0.2, 0) is 11.3 Å². The lowest BCUT2D eigenvalue weighted by Crippen LogP contribution is -2.39. The van der Waals surface area contributed by atoms with Gasteiger partial charge in [-0.05, 0) is 63.0 Å². The summed E-state index contributed by atoms with van der Waals surface area (Å²) in [4.78, 5) is 2.54. The molecule has 0 radical (unpaired) electrons. The van der Waals surface area contributed by atoms with Crippen molar-refractivity contribution in [2.75, 3.05) is 32.1 Å². The summed E-state index contributed by atoms with van der Waals surface area (Å²) >= 11 is 0. The Morgan fingerprint density at radius 1 is 1.35 bits per heavy atom. The van der Waals surface area contributed by atoms with Gasteiger partial charge in [0.25, 0.3) is 0 Å². The van der Waals surface area contributed by atoms with E-state index in [4.69, 9.17) is 4.74 Å². The number of likely N-dealkylation sites (tertiary alicyclic amines) is 1. The fourth-order valence-corrected chi connectivity index (χ4v) is 3.07. The fourth-order valence-electron chi connectivity index (χ4n) is 3.07. The summed E-state index contributed by atoms with van der Waals surface area (Å²) in [6.07, 6.45) is 2.61. The Hall–Kier alpha value is -1.06. The average molecular weight is 276 g/mol. The van der Waals surface area contributed by atoms with Crippen molar-refractivity contribution in [1.29, 1.82) is 0 Å². The van der Waals surface area contributed by atoms with Gasteiger partial charge in [0.1, 0.15) is 0 Å². The van der Waals surface area contributed by atoms with Gasteiger partial charge < -0.3 is 15.0 Å². The van der Waals surface area contributed by atoms with E-state index in [0.717, 1.165) is 5.92 Å². The second-order valence-corrected chi connectivity index (χ2v) is 5.84. The second kappa shape index (κ2) is 7.65. The quantitative estimate of drug-likeness (QED) is 0.862. The van der Waals surface area contributed by atoms with Crippen LogP contribution in [0, 0.1) is 5.92 Å². The molecule has 1 atom stereocenters. The Kier molecular flexibility index (Phi) is 5.86. The summed E-state index contributed by atoms with van der Waals surface area (Å²) in [5, 5.41) is 3.67. The van der Waals surface area contributed by atoms with Gasteiger partial charge in [-0.3, -0.25) is 0 Å². The number of methoxy groups -OCH3 is 1. The first kappa shape index (κ1) is 15.3. The molecule has 0 aliphatic carbocycles. The fraction of sp³-hybridized carbons (Fsp3) is 0.647. The maximum atomic E-state index is 5.20. The van der Waals surface area contributed by atoms with E-state index in [1.165, 1.54) is 43.7 Å². The Morgan fingerprint density at radius 2 is 2.10 bits per heavy atom. The minimum Gasteiger partial charge on any atom is -0.382 e. The zero-order chi connectivity index (χ0) is 14.4. The van der Waals surface area contributed by atoms with Crippen LogP contribution in [0.3, 0.4) is 0 Å². The van der Waals surface area contributed by atoms with Gasteiger partial charge in [0.15, 0.2) is 0 Å². The summed E-state index contributed by atoms with van der Waals surface area (Å²) in [6.45, 7) is 8.93. The van der Waals surface area contributed by atoms with Gasteiger partial charge in [0.05, 0.1) is 6.61 Å². The van der Waals surface area contributed by atoms with E-state index in [2.05, 4.69) is 48.3 Å². The lowest BCUT2D eigenvalue weighted by atomic mass is 9.90. The average Bonchev–Trinajstić information content (AvgIpc) is 2.48. The molecule has 3 nitrogen and oxygen atoms in total. The van der Waals surface area contributed by atoms with E-state index in [0.29, 0.717) is 12.6 Å². The normalized spacial score (nSPS) is 18.9. The van der Waals surface area contributed by atoms with Crippen LogP contribution in [0.1, 0.15) is 32.3 Å². The Balaban J connectivity index is 1.87. The number of nitrogens with zero attached hydrogens (tertiary/aromatic N) is 1. The molecule has 112 valence electrons. The number of rotatable bonds is 6. The van der Waals surface area contributed by atoms with Crippen LogP contribution >= 0.6 is 0 Å². The summed E-state index contributed by atoms with van der Waals surface area (Å²) in [5.74, 6) is 0.781. The van der Waals surface area contributed by atoms with Gasteiger partial charge >= 0.3 is 0 Å². The van der Waals surface area contributed by atoms with E-state index >= 15 is 0 Å². The third-order valence-corrected chi connectivity index (χ3v) is 4.42. The zero-order valence-corrected chi connectivity index (χ0v) is 13.1. The van der Waals surface area contributed by atoms with Crippen LogP contribution in [0.5, 0.6) is 0 Å². The molecule has 1 saturated heterocycles. The molecule has 0 amide bonds. The third-order valence-electron chi connectivity index (χ3n) is 4.42. The van der Waals surface area contributed by atoms with Crippen LogP contribution < -0.4 is 5.32 Å². The molecule has 1 heterocycles. The van der Waals surface area contributed by atoms with Crippen LogP contribution in [0.4, 0.5) is 5.69 Å². The molecule has 0 spiro atoms. The predicted octanol–water partition coefficient (Wildman–Crippen LogP) is 3.37. The number of benzene rings is 1. The van der Waals surface area contributed by atoms with Crippen LogP contribution in [0.15, 0.2) is 24.3 Å². The minimum atomic E-state index is 0.534. The van der Waals surface area contributed by atoms with E-state index in [-0.39, 0.29) is 0 Å². The number of ether oxygens (including phenoxy) is 1. The molecular weight excluding hydrogens is 248 g/mol. The highest BCUT2D eigenvalue weighted by atomic mass is 16.5. The molecule has 1 aromatic carbocycles. The highest BCUT2D eigenvalue weighted by Crippen LogP contribution is 2.23. The third kappa shape index (κ3) is 4.22. The van der Waals surface area contributed by atoms with Crippen LogP contribution in [-0.4, -0.2) is 37.7 Å². The molecule has 1 aliphatic rings. The predicted molar refractivity (Wildman–Crippen MR) is 85.1 cm³/mol. The minimum absolute atomic E-state index is 0.534. The molecular formula is C17H28N2O. The van der Waals surface area contributed by atoms with Crippen molar-refractivity contribution in [2.24, 2.45) is 5.92 Å². The Morgan fingerprint density at radius 3 is 2.75 bits per heavy atom. The molecule has 1 aliphatic heterocycles. The summed E-state index contributed by atoms with van der Waals surface area (Å²) in [7, 11) is 1.74. The molecule has 1 unspecified atom stereocenters. The van der Waals surface area contributed by atoms with Crippen molar-refractivity contribution >= 4 is 5.69 Å². The number of anilines is 1. The maximum absolute atomic E-state index is 5.20. The topological polar surface area (TPSA) is 24.5 Å². The summed E-state index contributed by atoms with van der Waals surface area (Å²) < 4.78 is 5.20. The molecule has 1 aromatic rings. The van der Waals surface area contributed by atoms with Gasteiger partial charge in [-0.2, -0.15) is 0 Å². The number of hydrogen-bond donors (Lipinski definition) is 1. The SMILES string of the molecule is CCN1CCC(C(C)Nc2cccc(COC)c2)CC1. The molecule has 1 fully saturated rings. The Bertz CT molecular complexity index is 400. The van der Waals surface area contributed by atoms with Crippen LogP contribution in [0.2, 0.25) is 0 Å². The molecule has 0 bridgehead atoms. The smallest absolute Gasteiger partial charge is 0.0713 e. The molecule has 2 rings (SSSR count). The molecule has 0 saturated carbocycles. The standard InChI is InChI=1S/C17H28N2O/c1-4-19-10-8-16(9-11-19)14(2)18-17-7-5-6-15(12-17)13-20-3/h5-7,12,14,16,18H,4,8-11,13H2,1-3H3. The van der Waals surface area contributed by atoms with Crippen molar-refractivity contribution in [2.45, 2.75) is 39.3 Å². The molecule has 3 heteroatoms. The van der Waals surface area contributed by atoms with Crippen molar-refractivity contribution in [3.05, 3.63) is 29.8 Å². The highest BCUT2D eigenvalue weighted by molar-refractivity contribution is 5.46. The van der Waals surface area contributed by atoms with Crippen molar-refractivity contribution in [3.8, 4) is 0 Å². The van der Waals surface area contributed by atoms with Gasteiger partial charge in [0.2, 0.25) is 0 Å².